The van der Waals surface area contributed by atoms with Crippen molar-refractivity contribution in [3.63, 3.8) is 0 Å². The number of aliphatic hydroxyl groups excluding tert-OH is 1. The zero-order chi connectivity index (χ0) is 20.3. The molecule has 3 nitrogen and oxygen atoms in total. The van der Waals surface area contributed by atoms with Gasteiger partial charge in [-0.3, -0.25) is 0 Å². The summed E-state index contributed by atoms with van der Waals surface area (Å²) in [6.45, 7) is 12.6. The van der Waals surface area contributed by atoms with Crippen LogP contribution in [0.25, 0.3) is 0 Å². The summed E-state index contributed by atoms with van der Waals surface area (Å²) in [5.74, 6) is 0.0756. The van der Waals surface area contributed by atoms with Gasteiger partial charge >= 0.3 is 173 Å². The van der Waals surface area contributed by atoms with E-state index in [9.17, 15) is 9.90 Å². The third kappa shape index (κ3) is 4.87. The molecule has 1 aromatic rings. The van der Waals surface area contributed by atoms with E-state index in [1.165, 1.54) is 22.6 Å². The minimum atomic E-state index is -1.53. The SMILES string of the molecule is CC[Si](CC)(CC)[C@H]([Se]c1ccccc1)[C@H]1C[C@@]1(CO)C(=O)OC(C)(C)C. The third-order valence-electron chi connectivity index (χ3n) is 6.31. The van der Waals surface area contributed by atoms with Crippen molar-refractivity contribution in [3.8, 4) is 0 Å². The molecule has 2 rings (SSSR count). The summed E-state index contributed by atoms with van der Waals surface area (Å²) in [4.78, 5) is 13.0. The molecule has 0 bridgehead atoms. The molecule has 0 heterocycles. The number of carbonyl (C=O) groups is 1. The number of rotatable bonds is 9. The molecule has 152 valence electrons. The topological polar surface area (TPSA) is 46.5 Å². The zero-order valence-electron chi connectivity index (χ0n) is 17.7. The van der Waals surface area contributed by atoms with Gasteiger partial charge in [0.05, 0.1) is 0 Å². The Bertz CT molecular complexity index is 616. The van der Waals surface area contributed by atoms with Gasteiger partial charge in [-0.25, -0.2) is 0 Å². The molecule has 1 aromatic carbocycles. The van der Waals surface area contributed by atoms with E-state index in [4.69, 9.17) is 4.74 Å². The van der Waals surface area contributed by atoms with Crippen LogP contribution in [0, 0.1) is 11.3 Å². The van der Waals surface area contributed by atoms with Gasteiger partial charge in [-0.05, 0) is 0 Å². The van der Waals surface area contributed by atoms with Gasteiger partial charge in [0.15, 0.2) is 0 Å². The molecule has 5 heteroatoms. The number of esters is 1. The molecule has 0 unspecified atom stereocenters. The minimum absolute atomic E-state index is 0.0877. The van der Waals surface area contributed by atoms with Crippen LogP contribution >= 0.6 is 0 Å². The first-order valence-electron chi connectivity index (χ1n) is 10.2. The maximum atomic E-state index is 13.0. The van der Waals surface area contributed by atoms with Crippen molar-refractivity contribution in [2.24, 2.45) is 11.3 Å². The number of aliphatic hydroxyl groups is 1. The van der Waals surface area contributed by atoms with Crippen molar-refractivity contribution in [2.45, 2.75) is 76.1 Å². The number of carbonyl (C=O) groups excluding carboxylic acids is 1. The van der Waals surface area contributed by atoms with Crippen molar-refractivity contribution in [1.82, 2.24) is 0 Å². The molecular weight excluding hydrogens is 419 g/mol. The number of benzene rings is 1. The molecule has 1 N–H and O–H groups in total. The van der Waals surface area contributed by atoms with Crippen LogP contribution in [-0.4, -0.2) is 46.3 Å². The summed E-state index contributed by atoms with van der Waals surface area (Å²) >= 11 is 0.319. The standard InChI is InChI=1S/C22H36O3SeSi/c1-7-27(8-2,9-3)19(26-17-13-11-10-12-14-17)18-15-22(18,16-23)20(24)25-21(4,5)6/h10-14,18-19,23H,7-9,15-16H2,1-6H3/t18-,19+,22+/m1/s1. The molecular formula is C22H36O3SeSi. The average Bonchev–Trinajstić information content (AvgIpc) is 3.38. The van der Waals surface area contributed by atoms with E-state index in [1.807, 2.05) is 20.8 Å². The number of hydrogen-bond acceptors (Lipinski definition) is 3. The molecule has 1 aliphatic rings. The van der Waals surface area contributed by atoms with E-state index in [0.29, 0.717) is 19.4 Å². The maximum absolute atomic E-state index is 13.0. The Morgan fingerprint density at radius 1 is 1.22 bits per heavy atom. The molecule has 0 saturated heterocycles. The molecule has 0 amide bonds. The number of ether oxygens (including phenoxy) is 1. The van der Waals surface area contributed by atoms with Crippen LogP contribution < -0.4 is 4.46 Å². The van der Waals surface area contributed by atoms with Crippen LogP contribution in [0.15, 0.2) is 30.3 Å². The molecule has 0 aromatic heterocycles. The molecule has 27 heavy (non-hydrogen) atoms. The van der Waals surface area contributed by atoms with Gasteiger partial charge in [-0.15, -0.1) is 0 Å². The Morgan fingerprint density at radius 3 is 2.22 bits per heavy atom. The van der Waals surface area contributed by atoms with Gasteiger partial charge < -0.3 is 0 Å². The van der Waals surface area contributed by atoms with Crippen molar-refractivity contribution < 1.29 is 14.6 Å². The van der Waals surface area contributed by atoms with Crippen LogP contribution in [0.5, 0.6) is 0 Å². The Kier molecular flexibility index (Phi) is 7.40. The first-order valence-corrected chi connectivity index (χ1v) is 14.8. The Hall–Kier alpha value is -0.614. The van der Waals surface area contributed by atoms with Gasteiger partial charge in [0.25, 0.3) is 0 Å². The van der Waals surface area contributed by atoms with Gasteiger partial charge in [0, 0.05) is 0 Å². The fourth-order valence-corrected chi connectivity index (χ4v) is 16.3. The predicted octanol–water partition coefficient (Wildman–Crippen LogP) is 4.19. The van der Waals surface area contributed by atoms with Crippen molar-refractivity contribution >= 4 is 33.5 Å². The van der Waals surface area contributed by atoms with Gasteiger partial charge in [0.1, 0.15) is 0 Å². The van der Waals surface area contributed by atoms with Gasteiger partial charge in [-0.2, -0.15) is 0 Å². The van der Waals surface area contributed by atoms with Crippen LogP contribution in [0.4, 0.5) is 0 Å². The molecule has 3 atom stereocenters. The van der Waals surface area contributed by atoms with Crippen LogP contribution in [0.2, 0.25) is 22.6 Å². The Morgan fingerprint density at radius 2 is 1.78 bits per heavy atom. The molecule has 1 fully saturated rings. The van der Waals surface area contributed by atoms with E-state index in [-0.39, 0.29) is 18.5 Å². The molecule has 0 radical (unpaired) electrons. The predicted molar refractivity (Wildman–Crippen MR) is 116 cm³/mol. The van der Waals surface area contributed by atoms with E-state index >= 15 is 0 Å². The van der Waals surface area contributed by atoms with E-state index in [2.05, 4.69) is 51.1 Å². The summed E-state index contributed by atoms with van der Waals surface area (Å²) in [5, 5.41) is 10.2. The second kappa shape index (κ2) is 8.81. The van der Waals surface area contributed by atoms with Gasteiger partial charge in [-0.1, -0.05) is 0 Å². The van der Waals surface area contributed by atoms with Crippen molar-refractivity contribution in [1.29, 1.82) is 0 Å². The Balaban J connectivity index is 2.35. The molecule has 1 saturated carbocycles. The second-order valence-electron chi connectivity index (χ2n) is 8.90. The van der Waals surface area contributed by atoms with Crippen LogP contribution in [0.1, 0.15) is 48.0 Å². The summed E-state index contributed by atoms with van der Waals surface area (Å²) in [7, 11) is -1.53. The third-order valence-corrected chi connectivity index (χ3v) is 18.3. The first kappa shape index (κ1) is 22.7. The molecule has 0 spiro atoms. The summed E-state index contributed by atoms with van der Waals surface area (Å²) < 4.78 is 7.69. The molecule has 0 aliphatic heterocycles. The average molecular weight is 456 g/mol. The van der Waals surface area contributed by atoms with E-state index in [0.717, 1.165) is 6.42 Å². The fourth-order valence-electron chi connectivity index (χ4n) is 4.22. The van der Waals surface area contributed by atoms with E-state index in [1.54, 1.807) is 0 Å². The van der Waals surface area contributed by atoms with Crippen LogP contribution in [0.3, 0.4) is 0 Å². The molecule has 1 aliphatic carbocycles. The fraction of sp³-hybridized carbons (Fsp3) is 0.682. The summed E-state index contributed by atoms with van der Waals surface area (Å²) in [6, 6.07) is 14.5. The normalized spacial score (nSPS) is 23.7. The first-order chi connectivity index (χ1) is 12.7. The zero-order valence-corrected chi connectivity index (χ0v) is 20.5. The van der Waals surface area contributed by atoms with Gasteiger partial charge in [0.2, 0.25) is 0 Å². The summed E-state index contributed by atoms with van der Waals surface area (Å²) in [5.41, 5.74) is -1.19. The Labute approximate surface area is 172 Å². The quantitative estimate of drug-likeness (QED) is 0.449. The van der Waals surface area contributed by atoms with Crippen molar-refractivity contribution in [2.75, 3.05) is 6.61 Å². The van der Waals surface area contributed by atoms with Crippen molar-refractivity contribution in [3.05, 3.63) is 30.3 Å². The summed E-state index contributed by atoms with van der Waals surface area (Å²) in [6.07, 6.45) is 0.784. The van der Waals surface area contributed by atoms with E-state index < -0.39 is 19.1 Å². The number of hydrogen-bond donors (Lipinski definition) is 1. The monoisotopic (exact) mass is 456 g/mol. The second-order valence-corrected chi connectivity index (χ2v) is 17.9. The van der Waals surface area contributed by atoms with Crippen LogP contribution in [-0.2, 0) is 9.53 Å².